The van der Waals surface area contributed by atoms with Crippen molar-refractivity contribution in [1.82, 2.24) is 4.98 Å². The van der Waals surface area contributed by atoms with E-state index < -0.39 is 0 Å². The molecular formula is C12H20N2OS. The van der Waals surface area contributed by atoms with E-state index in [0.29, 0.717) is 18.4 Å². The number of rotatable bonds is 5. The van der Waals surface area contributed by atoms with Crippen LogP contribution in [0.25, 0.3) is 0 Å². The highest BCUT2D eigenvalue weighted by atomic mass is 32.1. The fourth-order valence-corrected chi connectivity index (χ4v) is 2.97. The highest BCUT2D eigenvalue weighted by Gasteiger charge is 2.23. The van der Waals surface area contributed by atoms with Gasteiger partial charge in [-0.15, -0.1) is 11.3 Å². The molecule has 0 spiro atoms. The van der Waals surface area contributed by atoms with Gasteiger partial charge in [0, 0.05) is 6.20 Å². The number of nitrogens with two attached hydrogens (primary N) is 1. The summed E-state index contributed by atoms with van der Waals surface area (Å²) in [4.78, 5) is 5.25. The Hall–Kier alpha value is -0.450. The largest absolute Gasteiger partial charge is 0.376 e. The van der Waals surface area contributed by atoms with E-state index in [1.165, 1.54) is 30.6 Å². The minimum absolute atomic E-state index is 0.673. The lowest BCUT2D eigenvalue weighted by Gasteiger charge is -2.30. The predicted octanol–water partition coefficient (Wildman–Crippen LogP) is 2.42. The minimum Gasteiger partial charge on any atom is -0.376 e. The van der Waals surface area contributed by atoms with E-state index in [1.807, 2.05) is 11.7 Å². The average molecular weight is 240 g/mol. The molecule has 1 aromatic rings. The summed E-state index contributed by atoms with van der Waals surface area (Å²) in [6.07, 6.45) is 7.12. The van der Waals surface area contributed by atoms with Gasteiger partial charge in [0.1, 0.15) is 0 Å². The van der Waals surface area contributed by atoms with Crippen molar-refractivity contribution in [3.63, 3.8) is 0 Å². The summed E-state index contributed by atoms with van der Waals surface area (Å²) >= 11 is 1.66. The minimum atomic E-state index is 0.673. The number of hydrogen-bond donors (Lipinski definition) is 1. The number of ether oxygens (including phenoxy) is 1. The molecule has 4 heteroatoms. The SMILES string of the molecule is NCC1CCCCC1COCc1cncs1. The first-order valence-electron chi connectivity index (χ1n) is 6.05. The maximum atomic E-state index is 5.80. The van der Waals surface area contributed by atoms with E-state index in [-0.39, 0.29) is 0 Å². The molecule has 0 saturated heterocycles. The van der Waals surface area contributed by atoms with E-state index in [2.05, 4.69) is 4.98 Å². The summed E-state index contributed by atoms with van der Waals surface area (Å²) in [5, 5.41) is 0. The lowest BCUT2D eigenvalue weighted by atomic mass is 9.80. The Kier molecular flexibility index (Phi) is 4.75. The molecule has 1 fully saturated rings. The van der Waals surface area contributed by atoms with Crippen LogP contribution in [0.2, 0.25) is 0 Å². The van der Waals surface area contributed by atoms with Gasteiger partial charge < -0.3 is 10.5 Å². The van der Waals surface area contributed by atoms with Crippen molar-refractivity contribution in [1.29, 1.82) is 0 Å². The van der Waals surface area contributed by atoms with Crippen molar-refractivity contribution in [2.75, 3.05) is 13.2 Å². The zero-order chi connectivity index (χ0) is 11.2. The molecule has 0 radical (unpaired) electrons. The van der Waals surface area contributed by atoms with Gasteiger partial charge in [-0.2, -0.15) is 0 Å². The number of nitrogens with zero attached hydrogens (tertiary/aromatic N) is 1. The summed E-state index contributed by atoms with van der Waals surface area (Å²) in [5.41, 5.74) is 7.65. The second-order valence-electron chi connectivity index (χ2n) is 4.52. The maximum Gasteiger partial charge on any atom is 0.0825 e. The number of hydrogen-bond acceptors (Lipinski definition) is 4. The van der Waals surface area contributed by atoms with Gasteiger partial charge in [0.2, 0.25) is 0 Å². The monoisotopic (exact) mass is 240 g/mol. The number of aromatic nitrogens is 1. The van der Waals surface area contributed by atoms with Crippen molar-refractivity contribution in [3.8, 4) is 0 Å². The Balaban J connectivity index is 1.71. The first kappa shape index (κ1) is 12.0. The molecule has 0 aliphatic heterocycles. The molecule has 1 aromatic heterocycles. The Bertz CT molecular complexity index is 289. The first-order chi connectivity index (χ1) is 7.90. The quantitative estimate of drug-likeness (QED) is 0.860. The third-order valence-electron chi connectivity index (χ3n) is 3.43. The Labute approximate surface area is 101 Å². The van der Waals surface area contributed by atoms with Gasteiger partial charge in [-0.25, -0.2) is 0 Å². The molecule has 1 aliphatic carbocycles. The smallest absolute Gasteiger partial charge is 0.0825 e. The van der Waals surface area contributed by atoms with Crippen LogP contribution in [-0.2, 0) is 11.3 Å². The molecule has 2 rings (SSSR count). The standard InChI is InChI=1S/C12H20N2OS/c13-5-10-3-1-2-4-11(10)7-15-8-12-6-14-9-16-12/h6,9-11H,1-5,7-8,13H2. The van der Waals surface area contributed by atoms with Crippen molar-refractivity contribution >= 4 is 11.3 Å². The number of thiazole rings is 1. The highest BCUT2D eigenvalue weighted by molar-refractivity contribution is 7.09. The van der Waals surface area contributed by atoms with Crippen LogP contribution in [0.1, 0.15) is 30.6 Å². The van der Waals surface area contributed by atoms with E-state index in [9.17, 15) is 0 Å². The summed E-state index contributed by atoms with van der Waals surface area (Å²) in [7, 11) is 0. The lowest BCUT2D eigenvalue weighted by molar-refractivity contribution is 0.0524. The van der Waals surface area contributed by atoms with Gasteiger partial charge in [-0.05, 0) is 31.2 Å². The summed E-state index contributed by atoms with van der Waals surface area (Å²) < 4.78 is 5.76. The molecular weight excluding hydrogens is 220 g/mol. The van der Waals surface area contributed by atoms with Crippen LogP contribution >= 0.6 is 11.3 Å². The normalized spacial score (nSPS) is 25.8. The summed E-state index contributed by atoms with van der Waals surface area (Å²) in [5.74, 6) is 1.35. The van der Waals surface area contributed by atoms with Gasteiger partial charge in [0.15, 0.2) is 0 Å². The molecule has 0 bridgehead atoms. The van der Waals surface area contributed by atoms with E-state index in [4.69, 9.17) is 10.5 Å². The fraction of sp³-hybridized carbons (Fsp3) is 0.750. The van der Waals surface area contributed by atoms with Crippen molar-refractivity contribution in [2.45, 2.75) is 32.3 Å². The third-order valence-corrected chi connectivity index (χ3v) is 4.18. The third kappa shape index (κ3) is 3.27. The van der Waals surface area contributed by atoms with Crippen LogP contribution in [0.15, 0.2) is 11.7 Å². The zero-order valence-electron chi connectivity index (χ0n) is 9.60. The summed E-state index contributed by atoms with van der Waals surface area (Å²) in [6.45, 7) is 2.38. The maximum absolute atomic E-state index is 5.80. The molecule has 0 amide bonds. The molecule has 1 heterocycles. The molecule has 2 atom stereocenters. The molecule has 16 heavy (non-hydrogen) atoms. The second-order valence-corrected chi connectivity index (χ2v) is 5.49. The molecule has 90 valence electrons. The second kappa shape index (κ2) is 6.33. The molecule has 2 unspecified atom stereocenters. The average Bonchev–Trinajstić information content (AvgIpc) is 2.83. The van der Waals surface area contributed by atoms with E-state index >= 15 is 0 Å². The summed E-state index contributed by atoms with van der Waals surface area (Å²) in [6, 6.07) is 0. The Morgan fingerprint density at radius 1 is 1.38 bits per heavy atom. The van der Waals surface area contributed by atoms with Gasteiger partial charge in [0.05, 0.1) is 23.6 Å². The van der Waals surface area contributed by atoms with Gasteiger partial charge in [-0.1, -0.05) is 12.8 Å². The van der Waals surface area contributed by atoms with Crippen molar-refractivity contribution in [2.24, 2.45) is 17.6 Å². The van der Waals surface area contributed by atoms with Crippen LogP contribution < -0.4 is 5.73 Å². The topological polar surface area (TPSA) is 48.1 Å². The fourth-order valence-electron chi connectivity index (χ4n) is 2.44. The van der Waals surface area contributed by atoms with Crippen molar-refractivity contribution < 1.29 is 4.74 Å². The van der Waals surface area contributed by atoms with Crippen LogP contribution in [0.5, 0.6) is 0 Å². The first-order valence-corrected chi connectivity index (χ1v) is 6.93. The van der Waals surface area contributed by atoms with Crippen LogP contribution in [0.4, 0.5) is 0 Å². The van der Waals surface area contributed by atoms with Gasteiger partial charge >= 0.3 is 0 Å². The predicted molar refractivity (Wildman–Crippen MR) is 66.3 cm³/mol. The van der Waals surface area contributed by atoms with Gasteiger partial charge in [-0.3, -0.25) is 4.98 Å². The highest BCUT2D eigenvalue weighted by Crippen LogP contribution is 2.29. The van der Waals surface area contributed by atoms with Crippen molar-refractivity contribution in [3.05, 3.63) is 16.6 Å². The van der Waals surface area contributed by atoms with Crippen LogP contribution in [0.3, 0.4) is 0 Å². The van der Waals surface area contributed by atoms with Crippen LogP contribution in [-0.4, -0.2) is 18.1 Å². The van der Waals surface area contributed by atoms with Crippen LogP contribution in [0, 0.1) is 11.8 Å². The van der Waals surface area contributed by atoms with E-state index in [0.717, 1.165) is 13.2 Å². The Morgan fingerprint density at radius 2 is 2.19 bits per heavy atom. The van der Waals surface area contributed by atoms with E-state index in [1.54, 1.807) is 11.3 Å². The molecule has 3 nitrogen and oxygen atoms in total. The molecule has 2 N–H and O–H groups in total. The lowest BCUT2D eigenvalue weighted by Crippen LogP contribution is -2.29. The zero-order valence-corrected chi connectivity index (χ0v) is 10.4. The molecule has 1 saturated carbocycles. The Morgan fingerprint density at radius 3 is 2.88 bits per heavy atom. The molecule has 0 aromatic carbocycles. The molecule has 1 aliphatic rings. The van der Waals surface area contributed by atoms with Gasteiger partial charge in [0.25, 0.3) is 0 Å².